The van der Waals surface area contributed by atoms with Crippen LogP contribution in [0.15, 0.2) is 39.0 Å². The van der Waals surface area contributed by atoms with Crippen LogP contribution >= 0.6 is 11.8 Å². The number of anilines is 1. The number of nitrogens with one attached hydrogen (secondary N) is 1. The Labute approximate surface area is 207 Å². The monoisotopic (exact) mass is 494 g/mol. The minimum absolute atomic E-state index is 0.0246. The minimum Gasteiger partial charge on any atom is -0.384 e. The average molecular weight is 495 g/mol. The highest BCUT2D eigenvalue weighted by Crippen LogP contribution is 2.39. The number of aromatic amines is 1. The Bertz CT molecular complexity index is 1390. The summed E-state index contributed by atoms with van der Waals surface area (Å²) >= 11 is 1.26. The van der Waals surface area contributed by atoms with Crippen molar-refractivity contribution < 1.29 is 4.79 Å². The van der Waals surface area contributed by atoms with Gasteiger partial charge in [-0.25, -0.2) is 4.79 Å². The molecule has 0 amide bonds. The smallest absolute Gasteiger partial charge is 0.330 e. The van der Waals surface area contributed by atoms with E-state index in [0.29, 0.717) is 11.1 Å². The zero-order valence-corrected chi connectivity index (χ0v) is 20.8. The van der Waals surface area contributed by atoms with E-state index in [1.807, 2.05) is 25.1 Å². The third kappa shape index (κ3) is 4.59. The number of carbonyl (C=O) groups excluding carboxylic acids is 1. The van der Waals surface area contributed by atoms with Crippen LogP contribution in [0.3, 0.4) is 0 Å². The van der Waals surface area contributed by atoms with Crippen molar-refractivity contribution >= 4 is 23.4 Å². The number of rotatable bonds is 7. The van der Waals surface area contributed by atoms with Gasteiger partial charge in [0, 0.05) is 17.6 Å². The molecule has 3 aromatic rings. The zero-order valence-electron chi connectivity index (χ0n) is 20.0. The number of hydrogen-bond donors (Lipinski definition) is 2. The number of H-pyrrole nitrogens is 1. The Hall–Kier alpha value is -3.14. The van der Waals surface area contributed by atoms with E-state index in [4.69, 9.17) is 5.73 Å². The van der Waals surface area contributed by atoms with Crippen molar-refractivity contribution in [2.24, 2.45) is 5.92 Å². The van der Waals surface area contributed by atoms with Crippen LogP contribution in [0.25, 0.3) is 11.4 Å². The van der Waals surface area contributed by atoms with Gasteiger partial charge in [0.2, 0.25) is 0 Å². The fourth-order valence-corrected chi connectivity index (χ4v) is 5.93. The summed E-state index contributed by atoms with van der Waals surface area (Å²) in [4.78, 5) is 40.1. The molecule has 0 saturated heterocycles. The van der Waals surface area contributed by atoms with Crippen LogP contribution < -0.4 is 17.0 Å². The molecular formula is C25H30N6O3S. The van der Waals surface area contributed by atoms with E-state index in [1.165, 1.54) is 22.7 Å². The standard InChI is InChI=1S/C25H30N6O3S/c1-14-6-5-8-16(12-14)22-28-29-25(31(22)18-9-4-3-7-15(18)2)35-13-19(32)20-21(26)30(17-10-11-17)24(34)27-23(20)33/h5-6,8,12,15,17-18H,3-4,7,9-11,13,26H2,1-2H3,(H,27,33,34)/t15-,18+/m1/s1. The van der Waals surface area contributed by atoms with E-state index < -0.39 is 17.0 Å². The second-order valence-electron chi connectivity index (χ2n) is 9.71. The number of nitrogens with two attached hydrogens (primary N) is 1. The molecule has 2 aliphatic rings. The second-order valence-corrected chi connectivity index (χ2v) is 10.6. The lowest BCUT2D eigenvalue weighted by molar-refractivity contribution is 0.102. The Kier molecular flexibility index (Phi) is 6.39. The van der Waals surface area contributed by atoms with Gasteiger partial charge in [0.05, 0.1) is 5.75 Å². The van der Waals surface area contributed by atoms with Crippen LogP contribution in [0, 0.1) is 12.8 Å². The van der Waals surface area contributed by atoms with Crippen LogP contribution in [0.5, 0.6) is 0 Å². The van der Waals surface area contributed by atoms with Crippen LogP contribution in [-0.2, 0) is 0 Å². The molecule has 0 bridgehead atoms. The van der Waals surface area contributed by atoms with Crippen LogP contribution in [0.1, 0.15) is 73.5 Å². The average Bonchev–Trinajstić information content (AvgIpc) is 3.55. The molecular weight excluding hydrogens is 464 g/mol. The number of thioether (sulfide) groups is 1. The van der Waals surface area contributed by atoms with E-state index in [9.17, 15) is 14.4 Å². The van der Waals surface area contributed by atoms with Gasteiger partial charge in [-0.2, -0.15) is 0 Å². The van der Waals surface area contributed by atoms with Gasteiger partial charge in [-0.15, -0.1) is 10.2 Å². The lowest BCUT2D eigenvalue weighted by Crippen LogP contribution is -2.36. The summed E-state index contributed by atoms with van der Waals surface area (Å²) in [6.07, 6.45) is 6.12. The Morgan fingerprint density at radius 3 is 2.63 bits per heavy atom. The first-order chi connectivity index (χ1) is 16.8. The number of aromatic nitrogens is 5. The van der Waals surface area contributed by atoms with Crippen LogP contribution in [0.4, 0.5) is 5.82 Å². The molecule has 5 rings (SSSR count). The van der Waals surface area contributed by atoms with Crippen LogP contribution in [0.2, 0.25) is 0 Å². The summed E-state index contributed by atoms with van der Waals surface area (Å²) in [5.74, 6) is 0.755. The van der Waals surface area contributed by atoms with Crippen molar-refractivity contribution in [3.8, 4) is 11.4 Å². The molecule has 10 heteroatoms. The van der Waals surface area contributed by atoms with Gasteiger partial charge >= 0.3 is 5.69 Å². The molecule has 2 aliphatic carbocycles. The third-order valence-corrected chi connectivity index (χ3v) is 7.99. The molecule has 2 fully saturated rings. The van der Waals surface area contributed by atoms with Crippen LogP contribution in [-0.4, -0.2) is 35.9 Å². The van der Waals surface area contributed by atoms with Gasteiger partial charge in [0.15, 0.2) is 16.8 Å². The quantitative estimate of drug-likeness (QED) is 0.378. The summed E-state index contributed by atoms with van der Waals surface area (Å²) in [6, 6.07) is 8.36. The summed E-state index contributed by atoms with van der Waals surface area (Å²) < 4.78 is 3.51. The number of carbonyl (C=O) groups is 1. The van der Waals surface area contributed by atoms with Gasteiger partial charge in [-0.05, 0) is 44.6 Å². The lowest BCUT2D eigenvalue weighted by Gasteiger charge is -2.31. The van der Waals surface area contributed by atoms with Crippen molar-refractivity contribution in [2.45, 2.75) is 69.6 Å². The molecule has 0 radical (unpaired) electrons. The summed E-state index contributed by atoms with van der Waals surface area (Å²) in [6.45, 7) is 4.30. The maximum absolute atomic E-state index is 13.1. The Balaban J connectivity index is 1.47. The van der Waals surface area contributed by atoms with E-state index in [2.05, 4.69) is 32.7 Å². The molecule has 1 aromatic carbocycles. The number of aryl methyl sites for hydroxylation is 1. The van der Waals surface area contributed by atoms with E-state index in [1.54, 1.807) is 0 Å². The first-order valence-corrected chi connectivity index (χ1v) is 13.2. The predicted octanol–water partition coefficient (Wildman–Crippen LogP) is 3.75. The van der Waals surface area contributed by atoms with Crippen molar-refractivity contribution in [3.05, 3.63) is 56.2 Å². The third-order valence-electron chi connectivity index (χ3n) is 7.04. The minimum atomic E-state index is -0.738. The van der Waals surface area contributed by atoms with Gasteiger partial charge in [0.1, 0.15) is 11.4 Å². The fourth-order valence-electron chi connectivity index (χ4n) is 5.07. The normalized spacial score (nSPS) is 20.2. The lowest BCUT2D eigenvalue weighted by atomic mass is 9.85. The van der Waals surface area contributed by atoms with Gasteiger partial charge < -0.3 is 5.73 Å². The molecule has 2 aromatic heterocycles. The Morgan fingerprint density at radius 2 is 1.91 bits per heavy atom. The van der Waals surface area contributed by atoms with Gasteiger partial charge in [-0.3, -0.25) is 23.7 Å². The number of ketones is 1. The molecule has 2 atom stereocenters. The highest BCUT2D eigenvalue weighted by Gasteiger charge is 2.31. The maximum Gasteiger partial charge on any atom is 0.330 e. The fraction of sp³-hybridized carbons (Fsp3) is 0.480. The molecule has 9 nitrogen and oxygen atoms in total. The number of benzene rings is 1. The number of Topliss-reactive ketones (excluding diaryl/α,β-unsaturated/α-hetero) is 1. The molecule has 3 N–H and O–H groups in total. The van der Waals surface area contributed by atoms with Crippen molar-refractivity contribution in [1.29, 1.82) is 0 Å². The molecule has 0 aliphatic heterocycles. The summed E-state index contributed by atoms with van der Waals surface area (Å²) in [5.41, 5.74) is 6.81. The second kappa shape index (κ2) is 9.49. The molecule has 35 heavy (non-hydrogen) atoms. The number of nitrogen functional groups attached to an aromatic ring is 1. The summed E-state index contributed by atoms with van der Waals surface area (Å²) in [7, 11) is 0. The highest BCUT2D eigenvalue weighted by molar-refractivity contribution is 7.99. The maximum atomic E-state index is 13.1. The Morgan fingerprint density at radius 1 is 1.14 bits per heavy atom. The van der Waals surface area contributed by atoms with Crippen molar-refractivity contribution in [2.75, 3.05) is 11.5 Å². The van der Waals surface area contributed by atoms with Gasteiger partial charge in [0.25, 0.3) is 5.56 Å². The van der Waals surface area contributed by atoms with E-state index >= 15 is 0 Å². The van der Waals surface area contributed by atoms with E-state index in [0.717, 1.165) is 49.1 Å². The molecule has 0 spiro atoms. The van der Waals surface area contributed by atoms with Gasteiger partial charge in [-0.1, -0.05) is 55.3 Å². The SMILES string of the molecule is Cc1cccc(-c2nnc(SCC(=O)c3c(N)n(C4CC4)c(=O)[nH]c3=O)n2[C@H]2CCCC[C@H]2C)c1. The number of nitrogens with zero attached hydrogens (tertiary/aromatic N) is 4. The van der Waals surface area contributed by atoms with E-state index in [-0.39, 0.29) is 29.2 Å². The first-order valence-electron chi connectivity index (χ1n) is 12.2. The highest BCUT2D eigenvalue weighted by atomic mass is 32.2. The summed E-state index contributed by atoms with van der Waals surface area (Å²) in [5, 5.41) is 9.64. The number of hydrogen-bond acceptors (Lipinski definition) is 7. The van der Waals surface area contributed by atoms with Crippen molar-refractivity contribution in [1.82, 2.24) is 24.3 Å². The predicted molar refractivity (Wildman–Crippen MR) is 136 cm³/mol. The molecule has 184 valence electrons. The molecule has 2 heterocycles. The zero-order chi connectivity index (χ0) is 24.7. The first kappa shape index (κ1) is 23.6. The topological polar surface area (TPSA) is 129 Å². The van der Waals surface area contributed by atoms with Crippen molar-refractivity contribution in [3.63, 3.8) is 0 Å². The molecule has 2 saturated carbocycles. The molecule has 0 unspecified atom stereocenters. The largest absolute Gasteiger partial charge is 0.384 e.